The third-order valence-electron chi connectivity index (χ3n) is 4.43. The van der Waals surface area contributed by atoms with Gasteiger partial charge in [-0.25, -0.2) is 0 Å². The second-order valence-corrected chi connectivity index (χ2v) is 6.68. The van der Waals surface area contributed by atoms with Gasteiger partial charge < -0.3 is 4.74 Å². The molecule has 128 valence electrons. The lowest BCUT2D eigenvalue weighted by Crippen LogP contribution is -1.87. The molecule has 0 aromatic heterocycles. The van der Waals surface area contributed by atoms with E-state index >= 15 is 0 Å². The molecule has 22 heavy (non-hydrogen) atoms. The van der Waals surface area contributed by atoms with Crippen molar-refractivity contribution in [3.8, 4) is 0 Å². The molecule has 0 radical (unpaired) electrons. The molecule has 0 spiro atoms. The lowest BCUT2D eigenvalue weighted by Gasteiger charge is -1.98. The maximum absolute atomic E-state index is 5.68. The van der Waals surface area contributed by atoms with E-state index in [1.165, 1.54) is 77.0 Å². The van der Waals surface area contributed by atoms with Gasteiger partial charge in [0.15, 0.2) is 0 Å². The Morgan fingerprint density at radius 1 is 0.682 bits per heavy atom. The van der Waals surface area contributed by atoms with Crippen LogP contribution in [0, 0.1) is 0 Å². The van der Waals surface area contributed by atoms with E-state index in [-0.39, 0.29) is 0 Å². The predicted molar refractivity (Wildman–Crippen MR) is 98.3 cm³/mol. The van der Waals surface area contributed by atoms with Crippen molar-refractivity contribution in [3.63, 3.8) is 0 Å². The van der Waals surface area contributed by atoms with Crippen molar-refractivity contribution in [2.45, 2.75) is 110 Å². The Hall–Kier alpha value is -0.560. The molecule has 0 aromatic rings. The number of hydrogen-bond donors (Lipinski definition) is 0. The minimum atomic E-state index is 0.407. The first-order chi connectivity index (χ1) is 10.9. The van der Waals surface area contributed by atoms with E-state index < -0.39 is 0 Å². The lowest BCUT2D eigenvalue weighted by atomic mass is 10.1. The molecule has 0 bridgehead atoms. The zero-order valence-electron chi connectivity index (χ0n) is 15.1. The van der Waals surface area contributed by atoms with Crippen LogP contribution in [0.5, 0.6) is 0 Å². The first-order valence-corrected chi connectivity index (χ1v) is 9.85. The van der Waals surface area contributed by atoms with Crippen LogP contribution in [-0.2, 0) is 4.74 Å². The Kier molecular flexibility index (Phi) is 12.5. The maximum atomic E-state index is 5.68. The van der Waals surface area contributed by atoms with Crippen LogP contribution >= 0.6 is 0 Å². The summed E-state index contributed by atoms with van der Waals surface area (Å²) in [5.41, 5.74) is 0. The molecule has 0 aliphatic carbocycles. The zero-order valence-corrected chi connectivity index (χ0v) is 15.1. The van der Waals surface area contributed by atoms with E-state index in [1.807, 2.05) is 0 Å². The molecular weight excluding hydrogens is 268 g/mol. The second-order valence-electron chi connectivity index (χ2n) is 6.68. The first kappa shape index (κ1) is 19.5. The molecule has 1 heterocycles. The van der Waals surface area contributed by atoms with Gasteiger partial charge in [-0.05, 0) is 32.1 Å². The van der Waals surface area contributed by atoms with Gasteiger partial charge in [0.1, 0.15) is 6.10 Å². The highest BCUT2D eigenvalue weighted by Crippen LogP contribution is 2.27. The summed E-state index contributed by atoms with van der Waals surface area (Å²) in [5.74, 6) is 0. The number of rotatable bonds is 15. The summed E-state index contributed by atoms with van der Waals surface area (Å²) >= 11 is 0. The Morgan fingerprint density at radius 2 is 1.27 bits per heavy atom. The van der Waals surface area contributed by atoms with Crippen LogP contribution in [0.2, 0.25) is 0 Å². The molecular formula is C21H38O. The van der Waals surface area contributed by atoms with Crippen molar-refractivity contribution in [3.05, 3.63) is 24.3 Å². The van der Waals surface area contributed by atoms with Gasteiger partial charge in [-0.3, -0.25) is 0 Å². The number of ether oxygens (including phenoxy) is 1. The molecule has 0 amide bonds. The van der Waals surface area contributed by atoms with Crippen LogP contribution in [0.15, 0.2) is 24.3 Å². The molecule has 1 heteroatoms. The smallest absolute Gasteiger partial charge is 0.103 e. The summed E-state index contributed by atoms with van der Waals surface area (Å²) in [4.78, 5) is 0. The van der Waals surface area contributed by atoms with E-state index in [9.17, 15) is 0 Å². The van der Waals surface area contributed by atoms with E-state index in [1.54, 1.807) is 0 Å². The summed E-state index contributed by atoms with van der Waals surface area (Å²) < 4.78 is 5.68. The van der Waals surface area contributed by atoms with E-state index in [0.29, 0.717) is 12.2 Å². The molecule has 1 saturated heterocycles. The normalized spacial score (nSPS) is 21.2. The van der Waals surface area contributed by atoms with Gasteiger partial charge in [0, 0.05) is 0 Å². The standard InChI is InChI=1S/C21H38O/c1-3-5-7-9-11-12-13-15-17-19-21-20(22-21)18-16-14-10-8-6-4-2/h14,16-17,19-21H,3-13,15,18H2,1-2H3/b16-14-,19-17+. The molecule has 1 rings (SSSR count). The number of allylic oxidation sites excluding steroid dienone is 2. The fraction of sp³-hybridized carbons (Fsp3) is 0.810. The van der Waals surface area contributed by atoms with Crippen LogP contribution in [0.4, 0.5) is 0 Å². The van der Waals surface area contributed by atoms with Crippen molar-refractivity contribution in [1.82, 2.24) is 0 Å². The SMILES string of the molecule is CCCCC/C=C\CC1OC1/C=C/CCCCCCCCC. The van der Waals surface area contributed by atoms with E-state index in [4.69, 9.17) is 4.74 Å². The largest absolute Gasteiger partial charge is 0.365 e. The molecule has 1 aliphatic rings. The van der Waals surface area contributed by atoms with E-state index in [2.05, 4.69) is 38.2 Å². The average Bonchev–Trinajstić information content (AvgIpc) is 3.27. The quantitative estimate of drug-likeness (QED) is 0.181. The van der Waals surface area contributed by atoms with Gasteiger partial charge in [-0.1, -0.05) is 89.5 Å². The van der Waals surface area contributed by atoms with Gasteiger partial charge >= 0.3 is 0 Å². The first-order valence-electron chi connectivity index (χ1n) is 9.85. The summed E-state index contributed by atoms with van der Waals surface area (Å²) in [6.07, 6.45) is 27.5. The second kappa shape index (κ2) is 14.1. The molecule has 2 unspecified atom stereocenters. The topological polar surface area (TPSA) is 12.5 Å². The Balaban J connectivity index is 1.86. The summed E-state index contributed by atoms with van der Waals surface area (Å²) in [6.45, 7) is 4.53. The highest BCUT2D eigenvalue weighted by atomic mass is 16.6. The lowest BCUT2D eigenvalue weighted by molar-refractivity contribution is 0.389. The maximum Gasteiger partial charge on any atom is 0.103 e. The zero-order chi connectivity index (χ0) is 15.9. The molecule has 2 atom stereocenters. The van der Waals surface area contributed by atoms with Crippen LogP contribution in [0.1, 0.15) is 97.3 Å². The van der Waals surface area contributed by atoms with Gasteiger partial charge in [0.2, 0.25) is 0 Å². The van der Waals surface area contributed by atoms with Crippen LogP contribution in [0.25, 0.3) is 0 Å². The fourth-order valence-corrected chi connectivity index (χ4v) is 2.83. The summed E-state index contributed by atoms with van der Waals surface area (Å²) in [5, 5.41) is 0. The predicted octanol–water partition coefficient (Wildman–Crippen LogP) is 6.98. The monoisotopic (exact) mass is 306 g/mol. The van der Waals surface area contributed by atoms with E-state index in [0.717, 1.165) is 6.42 Å². The molecule has 0 saturated carbocycles. The minimum absolute atomic E-state index is 0.407. The highest BCUT2D eigenvalue weighted by molar-refractivity contribution is 5.05. The minimum Gasteiger partial charge on any atom is -0.365 e. The number of hydrogen-bond acceptors (Lipinski definition) is 1. The van der Waals surface area contributed by atoms with Crippen molar-refractivity contribution < 1.29 is 4.74 Å². The summed E-state index contributed by atoms with van der Waals surface area (Å²) in [7, 11) is 0. The van der Waals surface area contributed by atoms with Crippen molar-refractivity contribution in [2.24, 2.45) is 0 Å². The molecule has 1 fully saturated rings. The highest BCUT2D eigenvalue weighted by Gasteiger charge is 2.34. The molecule has 0 N–H and O–H groups in total. The summed E-state index contributed by atoms with van der Waals surface area (Å²) in [6, 6.07) is 0. The van der Waals surface area contributed by atoms with Gasteiger partial charge in [-0.2, -0.15) is 0 Å². The Bertz CT molecular complexity index is 292. The third kappa shape index (κ3) is 11.1. The molecule has 1 aliphatic heterocycles. The molecule has 0 aromatic carbocycles. The number of unbranched alkanes of at least 4 members (excludes halogenated alkanes) is 10. The Labute approximate surface area is 139 Å². The van der Waals surface area contributed by atoms with Gasteiger partial charge in [0.05, 0.1) is 6.10 Å². The Morgan fingerprint density at radius 3 is 2.05 bits per heavy atom. The average molecular weight is 307 g/mol. The third-order valence-corrected chi connectivity index (χ3v) is 4.43. The van der Waals surface area contributed by atoms with Crippen LogP contribution in [0.3, 0.4) is 0 Å². The van der Waals surface area contributed by atoms with Gasteiger partial charge in [0.25, 0.3) is 0 Å². The van der Waals surface area contributed by atoms with Crippen LogP contribution < -0.4 is 0 Å². The van der Waals surface area contributed by atoms with Crippen LogP contribution in [-0.4, -0.2) is 12.2 Å². The van der Waals surface area contributed by atoms with Crippen molar-refractivity contribution in [1.29, 1.82) is 0 Å². The fourth-order valence-electron chi connectivity index (χ4n) is 2.83. The van der Waals surface area contributed by atoms with Gasteiger partial charge in [-0.15, -0.1) is 0 Å². The van der Waals surface area contributed by atoms with Crippen molar-refractivity contribution in [2.75, 3.05) is 0 Å². The number of epoxide rings is 1. The molecule has 1 nitrogen and oxygen atoms in total. The van der Waals surface area contributed by atoms with Crippen molar-refractivity contribution >= 4 is 0 Å².